The van der Waals surface area contributed by atoms with Crippen LogP contribution in [-0.2, 0) is 0 Å². The number of hydrogen-bond acceptors (Lipinski definition) is 2. The van der Waals surface area contributed by atoms with Crippen LogP contribution in [0.15, 0.2) is 40.9 Å². The number of halogens is 3. The summed E-state index contributed by atoms with van der Waals surface area (Å²) in [5.41, 5.74) is 7.31. The molecule has 0 heterocycles. The molecule has 2 aromatic rings. The van der Waals surface area contributed by atoms with Crippen molar-refractivity contribution in [1.82, 2.24) is 0 Å². The first-order chi connectivity index (χ1) is 8.97. The van der Waals surface area contributed by atoms with E-state index < -0.39 is 0 Å². The second-order valence-corrected chi connectivity index (χ2v) is 6.32. The number of nitrogens with one attached hydrogen (secondary N) is 1. The molecule has 0 unspecified atom stereocenters. The Labute approximate surface area is 137 Å². The van der Waals surface area contributed by atoms with Gasteiger partial charge in [0.2, 0.25) is 0 Å². The fourth-order valence-electron chi connectivity index (χ4n) is 1.49. The molecule has 0 spiro atoms. The Morgan fingerprint density at radius 1 is 1.26 bits per heavy atom. The van der Waals surface area contributed by atoms with E-state index in [0.29, 0.717) is 22.0 Å². The molecule has 3 nitrogen and oxygen atoms in total. The van der Waals surface area contributed by atoms with Gasteiger partial charge in [-0.25, -0.2) is 0 Å². The number of carbonyl (C=O) groups excluding carboxylic acids is 1. The molecule has 0 aliphatic carbocycles. The summed E-state index contributed by atoms with van der Waals surface area (Å²) < 4.78 is 1.73. The maximum absolute atomic E-state index is 12.2. The number of carbonyl (C=O) groups is 1. The van der Waals surface area contributed by atoms with Crippen molar-refractivity contribution in [1.29, 1.82) is 0 Å². The molecule has 6 heteroatoms. The predicted octanol–water partition coefficient (Wildman–Crippen LogP) is 4.54. The normalized spacial score (nSPS) is 10.3. The van der Waals surface area contributed by atoms with Gasteiger partial charge in [-0.2, -0.15) is 0 Å². The highest BCUT2D eigenvalue weighted by Crippen LogP contribution is 2.24. The van der Waals surface area contributed by atoms with Gasteiger partial charge in [0.05, 0.1) is 16.3 Å². The Bertz CT molecular complexity index is 649. The topological polar surface area (TPSA) is 55.1 Å². The second-order valence-electron chi connectivity index (χ2n) is 3.81. The standard InChI is InChI=1S/C13H9BrClIN2O/c14-10-3-1-7(16)5-9(10)13(19)18-8-2-4-11(15)12(17)6-8/h1-6H,17H2,(H,18,19). The van der Waals surface area contributed by atoms with Crippen molar-refractivity contribution in [2.24, 2.45) is 0 Å². The van der Waals surface area contributed by atoms with Gasteiger partial charge in [0.1, 0.15) is 0 Å². The van der Waals surface area contributed by atoms with Gasteiger partial charge in [0.25, 0.3) is 5.91 Å². The van der Waals surface area contributed by atoms with Crippen LogP contribution in [0.4, 0.5) is 11.4 Å². The van der Waals surface area contributed by atoms with Crippen LogP contribution in [-0.4, -0.2) is 5.91 Å². The lowest BCUT2D eigenvalue weighted by Gasteiger charge is -2.08. The van der Waals surface area contributed by atoms with Crippen LogP contribution in [0.25, 0.3) is 0 Å². The zero-order valence-corrected chi connectivity index (χ0v) is 14.1. The van der Waals surface area contributed by atoms with Gasteiger partial charge in [-0.3, -0.25) is 4.79 Å². The molecular weight excluding hydrogens is 442 g/mol. The van der Waals surface area contributed by atoms with Crippen molar-refractivity contribution in [3.8, 4) is 0 Å². The first-order valence-corrected chi connectivity index (χ1v) is 7.54. The van der Waals surface area contributed by atoms with Crippen LogP contribution >= 0.6 is 50.1 Å². The van der Waals surface area contributed by atoms with Gasteiger partial charge in [0, 0.05) is 13.7 Å². The highest BCUT2D eigenvalue weighted by Gasteiger charge is 2.11. The van der Waals surface area contributed by atoms with Crippen LogP contribution in [0.1, 0.15) is 10.4 Å². The number of hydrogen-bond donors (Lipinski definition) is 2. The number of anilines is 2. The molecule has 0 saturated heterocycles. The van der Waals surface area contributed by atoms with E-state index in [1.807, 2.05) is 12.1 Å². The Morgan fingerprint density at radius 3 is 2.68 bits per heavy atom. The molecule has 0 atom stereocenters. The SMILES string of the molecule is Nc1cc(NC(=O)c2cc(I)ccc2Br)ccc1Cl. The van der Waals surface area contributed by atoms with E-state index in [2.05, 4.69) is 43.8 Å². The quantitative estimate of drug-likeness (QED) is 0.520. The van der Waals surface area contributed by atoms with E-state index in [1.165, 1.54) is 0 Å². The third-order valence-corrected chi connectivity index (χ3v) is 4.13. The minimum Gasteiger partial charge on any atom is -0.397 e. The monoisotopic (exact) mass is 450 g/mol. The first kappa shape index (κ1) is 14.6. The van der Waals surface area contributed by atoms with Crippen molar-refractivity contribution in [3.63, 3.8) is 0 Å². The summed E-state index contributed by atoms with van der Waals surface area (Å²) in [5.74, 6) is -0.202. The fourth-order valence-corrected chi connectivity index (χ4v) is 2.53. The van der Waals surface area contributed by atoms with Crippen LogP contribution in [0.3, 0.4) is 0 Å². The molecule has 0 aromatic heterocycles. The number of benzene rings is 2. The molecule has 2 aromatic carbocycles. The largest absolute Gasteiger partial charge is 0.397 e. The minimum atomic E-state index is -0.202. The zero-order valence-electron chi connectivity index (χ0n) is 9.58. The van der Waals surface area contributed by atoms with Crippen LogP contribution in [0, 0.1) is 3.57 Å². The summed E-state index contributed by atoms with van der Waals surface area (Å²) >= 11 is 11.4. The van der Waals surface area contributed by atoms with E-state index in [4.69, 9.17) is 17.3 Å². The van der Waals surface area contributed by atoms with Gasteiger partial charge in [-0.05, 0) is 74.9 Å². The summed E-state index contributed by atoms with van der Waals surface area (Å²) in [6, 6.07) is 10.5. The average Bonchev–Trinajstić information content (AvgIpc) is 2.36. The fraction of sp³-hybridized carbons (Fsp3) is 0. The summed E-state index contributed by atoms with van der Waals surface area (Å²) in [4.78, 5) is 12.2. The molecule has 0 aliphatic heterocycles. The summed E-state index contributed by atoms with van der Waals surface area (Å²) in [6.45, 7) is 0. The first-order valence-electron chi connectivity index (χ1n) is 5.29. The van der Waals surface area contributed by atoms with Crippen LogP contribution in [0.5, 0.6) is 0 Å². The molecule has 2 rings (SSSR count). The van der Waals surface area contributed by atoms with Crippen LogP contribution in [0.2, 0.25) is 5.02 Å². The van der Waals surface area contributed by atoms with E-state index in [0.717, 1.165) is 8.04 Å². The number of rotatable bonds is 2. The average molecular weight is 451 g/mol. The molecule has 98 valence electrons. The lowest BCUT2D eigenvalue weighted by atomic mass is 10.2. The van der Waals surface area contributed by atoms with Gasteiger partial charge >= 0.3 is 0 Å². The Kier molecular flexibility index (Phi) is 4.70. The molecule has 19 heavy (non-hydrogen) atoms. The van der Waals surface area contributed by atoms with Crippen molar-refractivity contribution in [3.05, 3.63) is 55.0 Å². The lowest BCUT2D eigenvalue weighted by Crippen LogP contribution is -2.13. The predicted molar refractivity (Wildman–Crippen MR) is 90.7 cm³/mol. The minimum absolute atomic E-state index is 0.202. The Morgan fingerprint density at radius 2 is 2.00 bits per heavy atom. The molecule has 3 N–H and O–H groups in total. The molecule has 0 aliphatic rings. The molecule has 0 fully saturated rings. The second kappa shape index (κ2) is 6.11. The van der Waals surface area contributed by atoms with E-state index in [9.17, 15) is 4.79 Å². The van der Waals surface area contributed by atoms with Crippen molar-refractivity contribution in [2.45, 2.75) is 0 Å². The summed E-state index contributed by atoms with van der Waals surface area (Å²) in [6.07, 6.45) is 0. The van der Waals surface area contributed by atoms with E-state index >= 15 is 0 Å². The van der Waals surface area contributed by atoms with E-state index in [-0.39, 0.29) is 5.91 Å². The Hall–Kier alpha value is -0.790. The third kappa shape index (κ3) is 3.61. The molecule has 1 amide bonds. The summed E-state index contributed by atoms with van der Waals surface area (Å²) in [7, 11) is 0. The highest BCUT2D eigenvalue weighted by molar-refractivity contribution is 14.1. The molecular formula is C13H9BrClIN2O. The maximum Gasteiger partial charge on any atom is 0.256 e. The van der Waals surface area contributed by atoms with Crippen molar-refractivity contribution >= 4 is 67.4 Å². The number of amides is 1. The smallest absolute Gasteiger partial charge is 0.256 e. The van der Waals surface area contributed by atoms with Gasteiger partial charge < -0.3 is 11.1 Å². The number of nitrogens with two attached hydrogens (primary N) is 1. The van der Waals surface area contributed by atoms with E-state index in [1.54, 1.807) is 24.3 Å². The van der Waals surface area contributed by atoms with Gasteiger partial charge in [-0.1, -0.05) is 11.6 Å². The third-order valence-electron chi connectivity index (χ3n) is 2.43. The maximum atomic E-state index is 12.2. The van der Waals surface area contributed by atoms with Gasteiger partial charge in [-0.15, -0.1) is 0 Å². The molecule has 0 bridgehead atoms. The zero-order chi connectivity index (χ0) is 14.0. The van der Waals surface area contributed by atoms with Crippen LogP contribution < -0.4 is 11.1 Å². The number of nitrogen functional groups attached to an aromatic ring is 1. The summed E-state index contributed by atoms with van der Waals surface area (Å²) in [5, 5.41) is 3.25. The highest BCUT2D eigenvalue weighted by atomic mass is 127. The molecule has 0 radical (unpaired) electrons. The van der Waals surface area contributed by atoms with Gasteiger partial charge in [0.15, 0.2) is 0 Å². The van der Waals surface area contributed by atoms with Crippen molar-refractivity contribution in [2.75, 3.05) is 11.1 Å². The Balaban J connectivity index is 2.25. The molecule has 0 saturated carbocycles. The lowest BCUT2D eigenvalue weighted by molar-refractivity contribution is 0.102. The van der Waals surface area contributed by atoms with Crippen molar-refractivity contribution < 1.29 is 4.79 Å².